The monoisotopic (exact) mass is 656 g/mol. The van der Waals surface area contributed by atoms with Crippen LogP contribution in [-0.4, -0.2) is 10.1 Å². The van der Waals surface area contributed by atoms with Crippen LogP contribution in [0.5, 0.6) is 0 Å². The van der Waals surface area contributed by atoms with E-state index in [4.69, 9.17) is 33.9 Å². The standard InChI is InChI=1S/C42H28N2O2S2/c47-41-37-38(40(46-41)30-23-27-36(28-24-30)44(33-17-9-3-10-18-33)34-19-11-4-12-20-34)42(48)45-39(37)29-21-25-35(26-22-29)43(31-13-5-1-6-14-31)32-15-7-2-8-16-32/h1-28H. The van der Waals surface area contributed by atoms with E-state index in [0.717, 1.165) is 56.4 Å². The maximum Gasteiger partial charge on any atom is 0.202 e. The van der Waals surface area contributed by atoms with Gasteiger partial charge in [-0.25, -0.2) is 0 Å². The number of benzene rings is 6. The van der Waals surface area contributed by atoms with E-state index in [1.54, 1.807) is 0 Å². The highest BCUT2D eigenvalue weighted by molar-refractivity contribution is 7.81. The van der Waals surface area contributed by atoms with Crippen LogP contribution in [0.25, 0.3) is 11.5 Å². The fourth-order valence-corrected chi connectivity index (χ4v) is 6.70. The number of para-hydroxylation sites is 4. The highest BCUT2D eigenvalue weighted by Gasteiger charge is 2.40. The Morgan fingerprint density at radius 2 is 0.562 bits per heavy atom. The summed E-state index contributed by atoms with van der Waals surface area (Å²) in [5, 5.41) is 0.710. The van der Waals surface area contributed by atoms with E-state index in [-0.39, 0.29) is 0 Å². The summed E-state index contributed by atoms with van der Waals surface area (Å²) in [6, 6.07) is 57.8. The first-order valence-corrected chi connectivity index (χ1v) is 16.4. The van der Waals surface area contributed by atoms with Crippen molar-refractivity contribution in [3.05, 3.63) is 192 Å². The van der Waals surface area contributed by atoms with Gasteiger partial charge in [0, 0.05) is 45.3 Å². The minimum absolute atomic E-state index is 0.355. The number of fused-ring (bicyclic) bond motifs is 1. The molecule has 0 unspecified atom stereocenters. The van der Waals surface area contributed by atoms with Gasteiger partial charge >= 0.3 is 0 Å². The zero-order chi connectivity index (χ0) is 32.5. The van der Waals surface area contributed by atoms with Crippen molar-refractivity contribution in [3.63, 3.8) is 0 Å². The molecule has 6 aromatic carbocycles. The zero-order valence-corrected chi connectivity index (χ0v) is 27.3. The van der Waals surface area contributed by atoms with Gasteiger partial charge in [-0.2, -0.15) is 0 Å². The summed E-state index contributed by atoms with van der Waals surface area (Å²) in [7, 11) is 0. The van der Waals surface area contributed by atoms with Crippen LogP contribution in [0.1, 0.15) is 11.1 Å². The molecule has 2 heterocycles. The fourth-order valence-electron chi connectivity index (χ4n) is 6.14. The van der Waals surface area contributed by atoms with E-state index < -0.39 is 0 Å². The summed E-state index contributed by atoms with van der Waals surface area (Å²) in [6.07, 6.45) is 0. The number of hydrogen-bond acceptors (Lipinski definition) is 6. The predicted molar refractivity (Wildman–Crippen MR) is 203 cm³/mol. The van der Waals surface area contributed by atoms with Gasteiger partial charge in [0.05, 0.1) is 11.1 Å². The van der Waals surface area contributed by atoms with Crippen LogP contribution >= 0.6 is 24.4 Å². The van der Waals surface area contributed by atoms with Crippen LogP contribution in [0.15, 0.2) is 181 Å². The quantitative estimate of drug-likeness (QED) is 0.151. The lowest BCUT2D eigenvalue weighted by molar-refractivity contribution is 0.513. The van der Waals surface area contributed by atoms with E-state index in [9.17, 15) is 0 Å². The Kier molecular flexibility index (Phi) is 7.86. The molecular formula is C42H28N2O2S2. The highest BCUT2D eigenvalue weighted by Crippen LogP contribution is 2.46. The molecule has 0 saturated carbocycles. The van der Waals surface area contributed by atoms with Gasteiger partial charge in [0.15, 0.2) is 0 Å². The van der Waals surface area contributed by atoms with Gasteiger partial charge in [0.25, 0.3) is 0 Å². The van der Waals surface area contributed by atoms with Crippen LogP contribution in [0.4, 0.5) is 34.1 Å². The molecule has 4 nitrogen and oxygen atoms in total. The number of ether oxygens (including phenoxy) is 2. The van der Waals surface area contributed by atoms with Crippen molar-refractivity contribution in [2.45, 2.75) is 0 Å². The van der Waals surface area contributed by atoms with Crippen molar-refractivity contribution in [2.24, 2.45) is 0 Å². The predicted octanol–water partition coefficient (Wildman–Crippen LogP) is 11.5. The Morgan fingerprint density at radius 1 is 0.312 bits per heavy atom. The molecule has 0 aliphatic carbocycles. The fraction of sp³-hybridized carbons (Fsp3) is 0. The van der Waals surface area contributed by atoms with Gasteiger partial charge in [-0.15, -0.1) is 0 Å². The average molecular weight is 657 g/mol. The Bertz CT molecular complexity index is 1940. The number of nitrogens with zero attached hydrogens (tertiary/aromatic N) is 2. The third kappa shape index (κ3) is 5.47. The molecule has 0 atom stereocenters. The number of thiocarbonyl (C=S) groups is 2. The minimum Gasteiger partial charge on any atom is -0.444 e. The molecule has 8 rings (SSSR count). The smallest absolute Gasteiger partial charge is 0.202 e. The second-order valence-electron chi connectivity index (χ2n) is 11.3. The molecule has 230 valence electrons. The van der Waals surface area contributed by atoms with Crippen molar-refractivity contribution >= 4 is 80.2 Å². The SMILES string of the molecule is S=C1OC(c2ccc(N(c3ccccc3)c3ccccc3)cc2)=C2C(=S)OC(c3ccc(N(c4ccccc4)c4ccccc4)cc3)=C12. The summed E-state index contributed by atoms with van der Waals surface area (Å²) < 4.78 is 12.5. The van der Waals surface area contributed by atoms with Gasteiger partial charge in [-0.1, -0.05) is 72.8 Å². The second-order valence-corrected chi connectivity index (χ2v) is 12.0. The molecule has 6 aromatic rings. The Labute approximate surface area is 290 Å². The molecule has 0 saturated heterocycles. The van der Waals surface area contributed by atoms with Crippen molar-refractivity contribution in [1.82, 2.24) is 0 Å². The average Bonchev–Trinajstić information content (AvgIpc) is 3.68. The Balaban J connectivity index is 1.13. The number of rotatable bonds is 8. The van der Waals surface area contributed by atoms with Crippen molar-refractivity contribution in [3.8, 4) is 0 Å². The van der Waals surface area contributed by atoms with Gasteiger partial charge in [0.2, 0.25) is 10.1 Å². The third-order valence-electron chi connectivity index (χ3n) is 8.33. The van der Waals surface area contributed by atoms with Crippen LogP contribution in [0.3, 0.4) is 0 Å². The molecule has 48 heavy (non-hydrogen) atoms. The highest BCUT2D eigenvalue weighted by atomic mass is 32.1. The number of anilines is 6. The minimum atomic E-state index is 0.355. The van der Waals surface area contributed by atoms with Gasteiger partial charge in [0.1, 0.15) is 11.5 Å². The van der Waals surface area contributed by atoms with Crippen LogP contribution in [0, 0.1) is 0 Å². The van der Waals surface area contributed by atoms with Crippen molar-refractivity contribution in [2.75, 3.05) is 9.80 Å². The summed E-state index contributed by atoms with van der Waals surface area (Å²) in [5.74, 6) is 1.23. The molecule has 6 heteroatoms. The molecular weight excluding hydrogens is 629 g/mol. The lowest BCUT2D eigenvalue weighted by atomic mass is 10.0. The van der Waals surface area contributed by atoms with Gasteiger partial charge in [-0.05, 0) is 121 Å². The lowest BCUT2D eigenvalue weighted by Crippen LogP contribution is -2.09. The second kappa shape index (κ2) is 12.8. The van der Waals surface area contributed by atoms with Crippen LogP contribution in [0.2, 0.25) is 0 Å². The van der Waals surface area contributed by atoms with Crippen molar-refractivity contribution < 1.29 is 9.47 Å². The van der Waals surface area contributed by atoms with E-state index in [1.165, 1.54) is 0 Å². The van der Waals surface area contributed by atoms with Gasteiger partial charge in [-0.3, -0.25) is 0 Å². The summed E-state index contributed by atoms with van der Waals surface area (Å²) in [6.45, 7) is 0. The third-order valence-corrected chi connectivity index (χ3v) is 8.91. The van der Waals surface area contributed by atoms with E-state index in [1.807, 2.05) is 97.1 Å². The van der Waals surface area contributed by atoms with Crippen molar-refractivity contribution in [1.29, 1.82) is 0 Å². The summed E-state index contributed by atoms with van der Waals surface area (Å²) in [4.78, 5) is 4.43. The molecule has 2 aliphatic heterocycles. The van der Waals surface area contributed by atoms with Gasteiger partial charge < -0.3 is 19.3 Å². The van der Waals surface area contributed by atoms with Crippen LogP contribution in [-0.2, 0) is 9.47 Å². The molecule has 0 spiro atoms. The largest absolute Gasteiger partial charge is 0.444 e. The zero-order valence-electron chi connectivity index (χ0n) is 25.7. The molecule has 0 amide bonds. The maximum absolute atomic E-state index is 6.25. The molecule has 0 bridgehead atoms. The summed E-state index contributed by atoms with van der Waals surface area (Å²) >= 11 is 11.6. The molecule has 0 radical (unpaired) electrons. The normalized spacial score (nSPS) is 13.7. The molecule has 0 fully saturated rings. The molecule has 0 aromatic heterocycles. The first-order valence-electron chi connectivity index (χ1n) is 15.6. The number of hydrogen-bond donors (Lipinski definition) is 0. The first kappa shape index (κ1) is 29.6. The molecule has 2 aliphatic rings. The van der Waals surface area contributed by atoms with E-state index in [2.05, 4.69) is 82.6 Å². The van der Waals surface area contributed by atoms with Crippen LogP contribution < -0.4 is 9.80 Å². The van der Waals surface area contributed by atoms with E-state index in [0.29, 0.717) is 21.6 Å². The lowest BCUT2D eigenvalue weighted by Gasteiger charge is -2.25. The Hall–Kier alpha value is -5.82. The molecule has 0 N–H and O–H groups in total. The maximum atomic E-state index is 6.25. The first-order chi connectivity index (χ1) is 23.7. The Morgan fingerprint density at radius 3 is 0.833 bits per heavy atom. The topological polar surface area (TPSA) is 24.9 Å². The van der Waals surface area contributed by atoms with E-state index >= 15 is 0 Å². The summed E-state index contributed by atoms with van der Waals surface area (Å²) in [5.41, 5.74) is 9.50.